The first-order valence-corrected chi connectivity index (χ1v) is 11.1. The van der Waals surface area contributed by atoms with E-state index in [0.29, 0.717) is 29.4 Å². The fraction of sp³-hybridized carbons (Fsp3) is 0.440. The summed E-state index contributed by atoms with van der Waals surface area (Å²) < 4.78 is 11.3. The van der Waals surface area contributed by atoms with Crippen molar-refractivity contribution in [3.05, 3.63) is 58.4 Å². The maximum Gasteiger partial charge on any atom is 0.336 e. The van der Waals surface area contributed by atoms with Gasteiger partial charge in [-0.1, -0.05) is 30.3 Å². The molecule has 4 fully saturated rings. The molecule has 30 heavy (non-hydrogen) atoms. The molecule has 0 spiro atoms. The summed E-state index contributed by atoms with van der Waals surface area (Å²) in [6, 6.07) is 13.1. The molecule has 4 nitrogen and oxygen atoms in total. The quantitative estimate of drug-likeness (QED) is 0.240. The number of hydrogen-bond acceptors (Lipinski definition) is 4. The standard InChI is InChI=1S/C25H23ClO4/c26-25-11-15-7-16(12-25)10-24(9-15,14-25)23(28)29-13-18-8-21(27)30-20-6-5-17-3-1-2-4-19(17)22(18)20/h1-6,8,15-16H,7,9-14H2/t15-,16+,24?,25?. The van der Waals surface area contributed by atoms with E-state index in [2.05, 4.69) is 0 Å². The van der Waals surface area contributed by atoms with E-state index in [1.165, 1.54) is 12.5 Å². The van der Waals surface area contributed by atoms with Crippen molar-refractivity contribution in [2.75, 3.05) is 0 Å². The Hall–Kier alpha value is -2.33. The van der Waals surface area contributed by atoms with Crippen LogP contribution < -0.4 is 5.63 Å². The average molecular weight is 423 g/mol. The second kappa shape index (κ2) is 6.34. The Morgan fingerprint density at radius 3 is 2.63 bits per heavy atom. The lowest BCUT2D eigenvalue weighted by atomic mass is 9.49. The summed E-state index contributed by atoms with van der Waals surface area (Å²) in [5.41, 5.74) is 0.320. The molecule has 0 amide bonds. The molecule has 4 aliphatic carbocycles. The highest BCUT2D eigenvalue weighted by Crippen LogP contribution is 2.64. The van der Waals surface area contributed by atoms with Crippen molar-refractivity contribution in [2.45, 2.75) is 50.0 Å². The minimum atomic E-state index is -0.455. The molecule has 4 aliphatic rings. The van der Waals surface area contributed by atoms with Gasteiger partial charge in [-0.3, -0.25) is 4.79 Å². The fourth-order valence-corrected chi connectivity index (χ4v) is 7.51. The van der Waals surface area contributed by atoms with E-state index in [4.69, 9.17) is 20.8 Å². The molecule has 1 heterocycles. The minimum absolute atomic E-state index is 0.0707. The lowest BCUT2D eigenvalue weighted by Gasteiger charge is -2.58. The van der Waals surface area contributed by atoms with Gasteiger partial charge in [-0.05, 0) is 67.2 Å². The van der Waals surface area contributed by atoms with Crippen LogP contribution in [0, 0.1) is 17.3 Å². The lowest BCUT2D eigenvalue weighted by Crippen LogP contribution is -2.56. The fourth-order valence-electron chi connectivity index (χ4n) is 6.82. The average Bonchev–Trinajstić information content (AvgIpc) is 2.69. The van der Waals surface area contributed by atoms with Gasteiger partial charge in [0.15, 0.2) is 0 Å². The van der Waals surface area contributed by atoms with Crippen LogP contribution in [0.3, 0.4) is 0 Å². The van der Waals surface area contributed by atoms with E-state index in [1.54, 1.807) is 6.07 Å². The van der Waals surface area contributed by atoms with Gasteiger partial charge in [-0.25, -0.2) is 4.79 Å². The number of halogens is 1. The van der Waals surface area contributed by atoms with E-state index >= 15 is 0 Å². The van der Waals surface area contributed by atoms with Crippen molar-refractivity contribution in [2.24, 2.45) is 17.3 Å². The Labute approximate surface area is 179 Å². The van der Waals surface area contributed by atoms with Gasteiger partial charge >= 0.3 is 11.6 Å². The third-order valence-corrected chi connectivity index (χ3v) is 7.94. The van der Waals surface area contributed by atoms with Crippen molar-refractivity contribution < 1.29 is 13.9 Å². The summed E-state index contributed by atoms with van der Waals surface area (Å²) in [5.74, 6) is 0.915. The number of carbonyl (C=O) groups excluding carboxylic acids is 1. The van der Waals surface area contributed by atoms with Gasteiger partial charge < -0.3 is 9.15 Å². The molecular weight excluding hydrogens is 400 g/mol. The SMILES string of the molecule is O=C(OCc1cc(=O)oc2ccc3ccccc3c12)C12C[C@@H]3C[C@@H](CC(Cl)(C3)C1)C2. The molecular formula is C25H23ClO4. The van der Waals surface area contributed by atoms with Gasteiger partial charge in [-0.15, -0.1) is 11.6 Å². The molecule has 0 aliphatic heterocycles. The number of alkyl halides is 1. The molecule has 3 aromatic rings. The Balaban J connectivity index is 1.34. The molecule has 4 bridgehead atoms. The summed E-state index contributed by atoms with van der Waals surface area (Å²) in [4.78, 5) is 25.2. The first kappa shape index (κ1) is 18.4. The van der Waals surface area contributed by atoms with Gasteiger partial charge in [0.25, 0.3) is 0 Å². The minimum Gasteiger partial charge on any atom is -0.460 e. The van der Waals surface area contributed by atoms with E-state index < -0.39 is 11.0 Å². The maximum atomic E-state index is 13.3. The maximum absolute atomic E-state index is 13.3. The van der Waals surface area contributed by atoms with Crippen LogP contribution in [0.2, 0.25) is 0 Å². The van der Waals surface area contributed by atoms with E-state index in [-0.39, 0.29) is 17.5 Å². The zero-order chi connectivity index (χ0) is 20.5. The first-order chi connectivity index (χ1) is 14.4. The zero-order valence-electron chi connectivity index (χ0n) is 16.7. The van der Waals surface area contributed by atoms with Gasteiger partial charge in [-0.2, -0.15) is 0 Å². The summed E-state index contributed by atoms with van der Waals surface area (Å²) >= 11 is 6.88. The van der Waals surface area contributed by atoms with Crippen LogP contribution in [-0.2, 0) is 16.1 Å². The van der Waals surface area contributed by atoms with Crippen LogP contribution in [-0.4, -0.2) is 10.8 Å². The Bertz CT molecular complexity index is 1230. The normalized spacial score (nSPS) is 32.0. The third kappa shape index (κ3) is 2.80. The number of esters is 1. The molecule has 4 saturated carbocycles. The molecule has 2 aromatic carbocycles. The van der Waals surface area contributed by atoms with Crippen LogP contribution in [0.5, 0.6) is 0 Å². The molecule has 1 aromatic heterocycles. The van der Waals surface area contributed by atoms with E-state index in [0.717, 1.165) is 41.8 Å². The van der Waals surface area contributed by atoms with Crippen molar-refractivity contribution in [1.82, 2.24) is 0 Å². The molecule has 5 heteroatoms. The van der Waals surface area contributed by atoms with E-state index in [1.807, 2.05) is 30.3 Å². The van der Waals surface area contributed by atoms with Crippen molar-refractivity contribution in [1.29, 1.82) is 0 Å². The van der Waals surface area contributed by atoms with Gasteiger partial charge in [0.05, 0.1) is 5.41 Å². The first-order valence-electron chi connectivity index (χ1n) is 10.7. The number of rotatable bonds is 3. The van der Waals surface area contributed by atoms with Crippen molar-refractivity contribution >= 4 is 39.3 Å². The second-order valence-corrected chi connectivity index (χ2v) is 10.5. The molecule has 154 valence electrons. The highest BCUT2D eigenvalue weighted by atomic mass is 35.5. The van der Waals surface area contributed by atoms with Crippen molar-refractivity contribution in [3.63, 3.8) is 0 Å². The molecule has 2 unspecified atom stereocenters. The summed E-state index contributed by atoms with van der Waals surface area (Å²) in [7, 11) is 0. The van der Waals surface area contributed by atoms with Crippen molar-refractivity contribution in [3.8, 4) is 0 Å². The number of ether oxygens (including phenoxy) is 1. The summed E-state index contributed by atoms with van der Waals surface area (Å²) in [6.07, 6.45) is 5.73. The highest BCUT2D eigenvalue weighted by molar-refractivity contribution is 6.24. The topological polar surface area (TPSA) is 56.5 Å². The number of carbonyl (C=O) groups is 1. The zero-order valence-corrected chi connectivity index (χ0v) is 17.4. The molecule has 7 rings (SSSR count). The van der Waals surface area contributed by atoms with Gasteiger partial charge in [0, 0.05) is 21.9 Å². The Morgan fingerprint density at radius 1 is 1.10 bits per heavy atom. The smallest absolute Gasteiger partial charge is 0.336 e. The van der Waals surface area contributed by atoms with Crippen LogP contribution in [0.25, 0.3) is 21.7 Å². The molecule has 0 radical (unpaired) electrons. The number of fused-ring (bicyclic) bond motifs is 3. The highest BCUT2D eigenvalue weighted by Gasteiger charge is 2.60. The predicted octanol–water partition coefficient (Wildman–Crippen LogP) is 5.57. The Morgan fingerprint density at radius 2 is 1.87 bits per heavy atom. The molecule has 4 atom stereocenters. The third-order valence-electron chi connectivity index (χ3n) is 7.50. The Kier molecular flexibility index (Phi) is 3.89. The van der Waals surface area contributed by atoms with E-state index in [9.17, 15) is 9.59 Å². The van der Waals surface area contributed by atoms with Crippen LogP contribution in [0.15, 0.2) is 51.7 Å². The van der Waals surface area contributed by atoms with Crippen LogP contribution in [0.1, 0.15) is 44.1 Å². The number of hydrogen-bond donors (Lipinski definition) is 0. The largest absolute Gasteiger partial charge is 0.460 e. The second-order valence-electron chi connectivity index (χ2n) is 9.72. The number of benzene rings is 2. The van der Waals surface area contributed by atoms with Crippen LogP contribution in [0.4, 0.5) is 0 Å². The summed E-state index contributed by atoms with van der Waals surface area (Å²) in [6.45, 7) is 0.0707. The van der Waals surface area contributed by atoms with Gasteiger partial charge in [0.2, 0.25) is 0 Å². The van der Waals surface area contributed by atoms with Crippen LogP contribution >= 0.6 is 11.6 Å². The molecule has 0 saturated heterocycles. The predicted molar refractivity (Wildman–Crippen MR) is 115 cm³/mol. The monoisotopic (exact) mass is 422 g/mol. The molecule has 0 N–H and O–H groups in total. The summed E-state index contributed by atoms with van der Waals surface area (Å²) in [5, 5.41) is 2.87. The lowest BCUT2D eigenvalue weighted by molar-refractivity contribution is -0.171. The van der Waals surface area contributed by atoms with Gasteiger partial charge in [0.1, 0.15) is 12.2 Å².